The van der Waals surface area contributed by atoms with Gasteiger partial charge in [0, 0.05) is 17.3 Å². The summed E-state index contributed by atoms with van der Waals surface area (Å²) in [7, 11) is 1.58. The number of para-hydroxylation sites is 1. The molecule has 0 radical (unpaired) electrons. The van der Waals surface area contributed by atoms with Gasteiger partial charge in [-0.1, -0.05) is 24.3 Å². The van der Waals surface area contributed by atoms with Crippen molar-refractivity contribution in [3.63, 3.8) is 0 Å². The van der Waals surface area contributed by atoms with E-state index in [2.05, 4.69) is 4.98 Å². The number of hydrogen-bond acceptors (Lipinski definition) is 4. The summed E-state index contributed by atoms with van der Waals surface area (Å²) < 4.78 is 5.21. The number of methoxy groups -OCH3 is 1. The molecule has 2 rings (SSSR count). The average Bonchev–Trinajstić information content (AvgIpc) is 2.39. The second-order valence-corrected chi connectivity index (χ2v) is 3.66. The van der Waals surface area contributed by atoms with Gasteiger partial charge in [-0.2, -0.15) is 0 Å². The van der Waals surface area contributed by atoms with E-state index in [4.69, 9.17) is 10.5 Å². The van der Waals surface area contributed by atoms with Crippen LogP contribution in [0.1, 0.15) is 17.2 Å². The molecule has 0 aliphatic heterocycles. The van der Waals surface area contributed by atoms with E-state index in [1.807, 2.05) is 24.3 Å². The molecule has 1 aromatic heterocycles. The number of aromatic nitrogens is 1. The first-order valence-corrected chi connectivity index (χ1v) is 5.25. The summed E-state index contributed by atoms with van der Waals surface area (Å²) in [4.78, 5) is 3.96. The van der Waals surface area contributed by atoms with Gasteiger partial charge in [0.25, 0.3) is 0 Å². The number of pyridine rings is 1. The van der Waals surface area contributed by atoms with Gasteiger partial charge in [-0.05, 0) is 12.1 Å². The Morgan fingerprint density at radius 1 is 1.24 bits per heavy atom. The molecule has 1 aromatic carbocycles. The van der Waals surface area contributed by atoms with Crippen LogP contribution in [0.3, 0.4) is 0 Å². The van der Waals surface area contributed by atoms with Gasteiger partial charge in [-0.25, -0.2) is 4.98 Å². The Morgan fingerprint density at radius 3 is 2.65 bits per heavy atom. The number of aliphatic hydroxyl groups is 1. The highest BCUT2D eigenvalue weighted by atomic mass is 16.5. The van der Waals surface area contributed by atoms with Crippen LogP contribution >= 0.6 is 0 Å². The normalized spacial score (nSPS) is 12.1. The smallest absolute Gasteiger partial charge is 0.125 e. The van der Waals surface area contributed by atoms with E-state index in [9.17, 15) is 5.11 Å². The lowest BCUT2D eigenvalue weighted by Crippen LogP contribution is -2.03. The van der Waals surface area contributed by atoms with E-state index in [1.165, 1.54) is 0 Å². The maximum atomic E-state index is 10.2. The van der Waals surface area contributed by atoms with Crippen LogP contribution in [-0.4, -0.2) is 17.2 Å². The fourth-order valence-electron chi connectivity index (χ4n) is 1.65. The van der Waals surface area contributed by atoms with Crippen molar-refractivity contribution in [1.29, 1.82) is 0 Å². The lowest BCUT2D eigenvalue weighted by molar-refractivity contribution is 0.214. The van der Waals surface area contributed by atoms with Crippen molar-refractivity contribution in [3.05, 3.63) is 53.7 Å². The highest BCUT2D eigenvalue weighted by Crippen LogP contribution is 2.29. The maximum absolute atomic E-state index is 10.2. The molecule has 0 amide bonds. The third-order valence-corrected chi connectivity index (χ3v) is 2.56. The molecule has 1 heterocycles. The Kier molecular flexibility index (Phi) is 3.25. The molecule has 17 heavy (non-hydrogen) atoms. The quantitative estimate of drug-likeness (QED) is 0.843. The minimum atomic E-state index is -0.765. The fourth-order valence-corrected chi connectivity index (χ4v) is 1.65. The number of nitrogens with two attached hydrogens (primary N) is 1. The van der Waals surface area contributed by atoms with Crippen LogP contribution in [0.4, 0.5) is 5.82 Å². The molecule has 0 saturated heterocycles. The van der Waals surface area contributed by atoms with Crippen molar-refractivity contribution in [1.82, 2.24) is 4.98 Å². The largest absolute Gasteiger partial charge is 0.496 e. The number of hydrogen-bond donors (Lipinski definition) is 2. The summed E-state index contributed by atoms with van der Waals surface area (Å²) >= 11 is 0. The van der Waals surface area contributed by atoms with E-state index < -0.39 is 6.10 Å². The van der Waals surface area contributed by atoms with Crippen molar-refractivity contribution in [3.8, 4) is 5.75 Å². The van der Waals surface area contributed by atoms with Crippen LogP contribution in [-0.2, 0) is 0 Å². The van der Waals surface area contributed by atoms with E-state index in [1.54, 1.807) is 25.4 Å². The molecule has 0 spiro atoms. The van der Waals surface area contributed by atoms with E-state index in [0.717, 1.165) is 0 Å². The fraction of sp³-hybridized carbons (Fsp3) is 0.154. The highest BCUT2D eigenvalue weighted by Gasteiger charge is 2.14. The van der Waals surface area contributed by atoms with Gasteiger partial charge in [0.2, 0.25) is 0 Å². The van der Waals surface area contributed by atoms with Crippen molar-refractivity contribution in [2.45, 2.75) is 6.10 Å². The zero-order chi connectivity index (χ0) is 12.3. The first-order valence-electron chi connectivity index (χ1n) is 5.25. The first-order chi connectivity index (χ1) is 8.22. The van der Waals surface area contributed by atoms with Crippen LogP contribution in [0, 0.1) is 0 Å². The molecule has 0 aliphatic rings. The van der Waals surface area contributed by atoms with Crippen molar-refractivity contribution >= 4 is 5.82 Å². The average molecular weight is 230 g/mol. The number of benzene rings is 1. The predicted molar refractivity (Wildman–Crippen MR) is 65.7 cm³/mol. The Labute approximate surface area is 99.7 Å². The van der Waals surface area contributed by atoms with Crippen molar-refractivity contribution in [2.24, 2.45) is 0 Å². The van der Waals surface area contributed by atoms with Crippen LogP contribution < -0.4 is 10.5 Å². The Balaban J connectivity index is 2.36. The predicted octanol–water partition coefficient (Wildman–Crippen LogP) is 1.75. The van der Waals surface area contributed by atoms with Gasteiger partial charge in [0.1, 0.15) is 17.7 Å². The van der Waals surface area contributed by atoms with E-state index >= 15 is 0 Å². The number of aliphatic hydroxyl groups excluding tert-OH is 1. The van der Waals surface area contributed by atoms with Crippen molar-refractivity contribution in [2.75, 3.05) is 12.8 Å². The van der Waals surface area contributed by atoms with Gasteiger partial charge in [-0.15, -0.1) is 0 Å². The van der Waals surface area contributed by atoms with Crippen LogP contribution in [0.2, 0.25) is 0 Å². The Bertz CT molecular complexity index is 497. The molecule has 0 saturated carbocycles. The summed E-state index contributed by atoms with van der Waals surface area (Å²) in [5.74, 6) is 1.08. The molecule has 1 atom stereocenters. The Hall–Kier alpha value is -2.07. The van der Waals surface area contributed by atoms with Crippen LogP contribution in [0.15, 0.2) is 42.6 Å². The highest BCUT2D eigenvalue weighted by molar-refractivity contribution is 5.41. The van der Waals surface area contributed by atoms with Crippen LogP contribution in [0.5, 0.6) is 5.75 Å². The molecular formula is C13H14N2O2. The summed E-state index contributed by atoms with van der Waals surface area (Å²) in [6, 6.07) is 10.7. The molecule has 0 bridgehead atoms. The minimum absolute atomic E-state index is 0.431. The van der Waals surface area contributed by atoms with Crippen molar-refractivity contribution < 1.29 is 9.84 Å². The zero-order valence-corrected chi connectivity index (χ0v) is 9.50. The third kappa shape index (κ3) is 2.37. The summed E-state index contributed by atoms with van der Waals surface area (Å²) in [6.07, 6.45) is 0.797. The first kappa shape index (κ1) is 11.4. The zero-order valence-electron chi connectivity index (χ0n) is 9.50. The summed E-state index contributed by atoms with van der Waals surface area (Å²) in [5, 5.41) is 10.2. The van der Waals surface area contributed by atoms with E-state index in [0.29, 0.717) is 22.7 Å². The molecule has 2 aromatic rings. The molecule has 3 N–H and O–H groups in total. The van der Waals surface area contributed by atoms with E-state index in [-0.39, 0.29) is 0 Å². The summed E-state index contributed by atoms with van der Waals surface area (Å²) in [5.41, 5.74) is 6.90. The van der Waals surface area contributed by atoms with Gasteiger partial charge in [0.05, 0.1) is 7.11 Å². The second-order valence-electron chi connectivity index (χ2n) is 3.66. The number of nitrogens with zero attached hydrogens (tertiary/aromatic N) is 1. The number of ether oxygens (including phenoxy) is 1. The third-order valence-electron chi connectivity index (χ3n) is 2.56. The SMILES string of the molecule is COc1ccccc1C(O)c1ccc(N)nc1. The van der Waals surface area contributed by atoms with Gasteiger partial charge < -0.3 is 15.6 Å². The van der Waals surface area contributed by atoms with Gasteiger partial charge >= 0.3 is 0 Å². The molecular weight excluding hydrogens is 216 g/mol. The molecule has 4 heteroatoms. The monoisotopic (exact) mass is 230 g/mol. The minimum Gasteiger partial charge on any atom is -0.496 e. The molecule has 88 valence electrons. The standard InChI is InChI=1S/C13H14N2O2/c1-17-11-5-3-2-4-10(11)13(16)9-6-7-12(14)15-8-9/h2-8,13,16H,1H3,(H2,14,15). The lowest BCUT2D eigenvalue weighted by Gasteiger charge is -2.14. The number of anilines is 1. The van der Waals surface area contributed by atoms with Crippen LogP contribution in [0.25, 0.3) is 0 Å². The summed E-state index contributed by atoms with van der Waals surface area (Å²) in [6.45, 7) is 0. The van der Waals surface area contributed by atoms with Gasteiger partial charge in [-0.3, -0.25) is 0 Å². The number of nitrogen functional groups attached to an aromatic ring is 1. The topological polar surface area (TPSA) is 68.4 Å². The molecule has 1 unspecified atom stereocenters. The van der Waals surface area contributed by atoms with Gasteiger partial charge in [0.15, 0.2) is 0 Å². The lowest BCUT2D eigenvalue weighted by atomic mass is 10.0. The number of rotatable bonds is 3. The molecule has 0 aliphatic carbocycles. The molecule has 4 nitrogen and oxygen atoms in total. The molecule has 0 fully saturated rings. The maximum Gasteiger partial charge on any atom is 0.125 e. The Morgan fingerprint density at radius 2 is 2.00 bits per heavy atom. The second kappa shape index (κ2) is 4.84.